The van der Waals surface area contributed by atoms with Gasteiger partial charge >= 0.3 is 0 Å². The van der Waals surface area contributed by atoms with E-state index in [2.05, 4.69) is 27.9 Å². The molecular formula is C14H15IN2O. The highest BCUT2D eigenvalue weighted by molar-refractivity contribution is 14.1. The number of hydrogen-bond donors (Lipinski definition) is 2. The predicted octanol–water partition coefficient (Wildman–Crippen LogP) is 3.93. The van der Waals surface area contributed by atoms with Crippen LogP contribution in [0.15, 0.2) is 36.4 Å². The Kier molecular flexibility index (Phi) is 3.96. The second-order valence-corrected chi connectivity index (χ2v) is 5.29. The Morgan fingerprint density at radius 1 is 1.17 bits per heavy atom. The molecule has 0 radical (unpaired) electrons. The first-order valence-electron chi connectivity index (χ1n) is 5.57. The molecule has 2 aromatic carbocycles. The molecule has 0 aliphatic rings. The quantitative estimate of drug-likeness (QED) is 0.649. The lowest BCUT2D eigenvalue weighted by Crippen LogP contribution is -1.97. The molecule has 94 valence electrons. The number of benzene rings is 2. The van der Waals surface area contributed by atoms with Gasteiger partial charge in [0.25, 0.3) is 0 Å². The van der Waals surface area contributed by atoms with Gasteiger partial charge in [0, 0.05) is 9.26 Å². The van der Waals surface area contributed by atoms with E-state index in [1.807, 2.05) is 43.3 Å². The average molecular weight is 354 g/mol. The van der Waals surface area contributed by atoms with Crippen molar-refractivity contribution in [2.24, 2.45) is 0 Å². The molecule has 0 fully saturated rings. The summed E-state index contributed by atoms with van der Waals surface area (Å²) in [5.41, 5.74) is 9.72. The maximum atomic E-state index is 5.97. The molecule has 0 saturated heterocycles. The summed E-state index contributed by atoms with van der Waals surface area (Å²) in [6, 6.07) is 11.9. The first kappa shape index (κ1) is 13.0. The third-order valence-electron chi connectivity index (χ3n) is 2.69. The van der Waals surface area contributed by atoms with Gasteiger partial charge in [0.15, 0.2) is 0 Å². The SMILES string of the molecule is COc1ccc(Nc2ccc(I)cc2N)cc1C. The third kappa shape index (κ3) is 2.87. The first-order chi connectivity index (χ1) is 8.60. The minimum absolute atomic E-state index is 0.746. The summed E-state index contributed by atoms with van der Waals surface area (Å²) in [7, 11) is 1.67. The maximum Gasteiger partial charge on any atom is 0.121 e. The Morgan fingerprint density at radius 2 is 1.94 bits per heavy atom. The van der Waals surface area contributed by atoms with E-state index in [9.17, 15) is 0 Å². The van der Waals surface area contributed by atoms with E-state index < -0.39 is 0 Å². The van der Waals surface area contributed by atoms with Gasteiger partial charge in [-0.15, -0.1) is 0 Å². The van der Waals surface area contributed by atoms with Crippen molar-refractivity contribution < 1.29 is 4.74 Å². The van der Waals surface area contributed by atoms with Crippen LogP contribution in [-0.4, -0.2) is 7.11 Å². The van der Waals surface area contributed by atoms with E-state index in [1.165, 1.54) is 0 Å². The Labute approximate surface area is 120 Å². The zero-order chi connectivity index (χ0) is 13.1. The lowest BCUT2D eigenvalue weighted by molar-refractivity contribution is 0.412. The molecule has 0 aliphatic carbocycles. The molecular weight excluding hydrogens is 339 g/mol. The van der Waals surface area contributed by atoms with Crippen LogP contribution < -0.4 is 15.8 Å². The van der Waals surface area contributed by atoms with Crippen LogP contribution in [0.25, 0.3) is 0 Å². The molecule has 0 saturated carbocycles. The number of aryl methyl sites for hydroxylation is 1. The zero-order valence-corrected chi connectivity index (χ0v) is 12.5. The zero-order valence-electron chi connectivity index (χ0n) is 10.3. The van der Waals surface area contributed by atoms with Crippen molar-refractivity contribution in [2.75, 3.05) is 18.2 Å². The molecule has 0 atom stereocenters. The molecule has 0 amide bonds. The van der Waals surface area contributed by atoms with Gasteiger partial charge in [-0.25, -0.2) is 0 Å². The van der Waals surface area contributed by atoms with Gasteiger partial charge in [-0.1, -0.05) is 0 Å². The molecule has 2 rings (SSSR count). The van der Waals surface area contributed by atoms with E-state index in [4.69, 9.17) is 10.5 Å². The van der Waals surface area contributed by atoms with E-state index in [0.717, 1.165) is 31.9 Å². The summed E-state index contributed by atoms with van der Waals surface area (Å²) in [5.74, 6) is 0.885. The maximum absolute atomic E-state index is 5.97. The molecule has 0 aliphatic heterocycles. The Bertz CT molecular complexity index is 570. The molecule has 3 nitrogen and oxygen atoms in total. The van der Waals surface area contributed by atoms with E-state index in [1.54, 1.807) is 7.11 Å². The summed E-state index contributed by atoms with van der Waals surface area (Å²) in [5, 5.41) is 3.31. The van der Waals surface area contributed by atoms with Crippen molar-refractivity contribution in [2.45, 2.75) is 6.92 Å². The smallest absolute Gasteiger partial charge is 0.121 e. The summed E-state index contributed by atoms with van der Waals surface area (Å²) < 4.78 is 6.36. The van der Waals surface area contributed by atoms with Crippen molar-refractivity contribution in [3.05, 3.63) is 45.5 Å². The van der Waals surface area contributed by atoms with Gasteiger partial charge in [0.05, 0.1) is 18.5 Å². The molecule has 0 spiro atoms. The van der Waals surface area contributed by atoms with Crippen molar-refractivity contribution in [3.8, 4) is 5.75 Å². The van der Waals surface area contributed by atoms with Gasteiger partial charge in [-0.2, -0.15) is 0 Å². The molecule has 4 heteroatoms. The van der Waals surface area contributed by atoms with Gasteiger partial charge in [0.2, 0.25) is 0 Å². The fraction of sp³-hybridized carbons (Fsp3) is 0.143. The highest BCUT2D eigenvalue weighted by Gasteiger charge is 2.03. The number of ether oxygens (including phenoxy) is 1. The van der Waals surface area contributed by atoms with Crippen LogP contribution in [0.3, 0.4) is 0 Å². The lowest BCUT2D eigenvalue weighted by Gasteiger charge is -2.12. The lowest BCUT2D eigenvalue weighted by atomic mass is 10.2. The van der Waals surface area contributed by atoms with Crippen LogP contribution in [0.2, 0.25) is 0 Å². The number of nitrogens with one attached hydrogen (secondary N) is 1. The number of rotatable bonds is 3. The third-order valence-corrected chi connectivity index (χ3v) is 3.36. The highest BCUT2D eigenvalue weighted by Crippen LogP contribution is 2.27. The monoisotopic (exact) mass is 354 g/mol. The molecule has 18 heavy (non-hydrogen) atoms. The summed E-state index contributed by atoms with van der Waals surface area (Å²) >= 11 is 2.24. The molecule has 0 heterocycles. The minimum Gasteiger partial charge on any atom is -0.496 e. The van der Waals surface area contributed by atoms with Crippen LogP contribution in [0.1, 0.15) is 5.56 Å². The summed E-state index contributed by atoms with van der Waals surface area (Å²) in [6.45, 7) is 2.02. The largest absolute Gasteiger partial charge is 0.496 e. The Balaban J connectivity index is 2.26. The number of anilines is 3. The Morgan fingerprint density at radius 3 is 2.56 bits per heavy atom. The number of nitrogen functional groups attached to an aromatic ring is 1. The summed E-state index contributed by atoms with van der Waals surface area (Å²) in [4.78, 5) is 0. The summed E-state index contributed by atoms with van der Waals surface area (Å²) in [6.07, 6.45) is 0. The minimum atomic E-state index is 0.746. The van der Waals surface area contributed by atoms with Crippen LogP contribution in [0.4, 0.5) is 17.1 Å². The number of nitrogens with two attached hydrogens (primary N) is 1. The van der Waals surface area contributed by atoms with Crippen LogP contribution in [0, 0.1) is 10.5 Å². The van der Waals surface area contributed by atoms with E-state index in [-0.39, 0.29) is 0 Å². The predicted molar refractivity (Wildman–Crippen MR) is 84.6 cm³/mol. The fourth-order valence-corrected chi connectivity index (χ4v) is 2.27. The number of methoxy groups -OCH3 is 1. The average Bonchev–Trinajstić information content (AvgIpc) is 2.33. The van der Waals surface area contributed by atoms with E-state index >= 15 is 0 Å². The van der Waals surface area contributed by atoms with Crippen molar-refractivity contribution in [1.82, 2.24) is 0 Å². The van der Waals surface area contributed by atoms with Crippen molar-refractivity contribution >= 4 is 39.7 Å². The second kappa shape index (κ2) is 5.48. The van der Waals surface area contributed by atoms with Crippen LogP contribution in [0.5, 0.6) is 5.75 Å². The van der Waals surface area contributed by atoms with Crippen molar-refractivity contribution in [1.29, 1.82) is 0 Å². The van der Waals surface area contributed by atoms with Crippen LogP contribution >= 0.6 is 22.6 Å². The normalized spacial score (nSPS) is 10.2. The molecule has 0 aromatic heterocycles. The van der Waals surface area contributed by atoms with Crippen LogP contribution in [-0.2, 0) is 0 Å². The van der Waals surface area contributed by atoms with Gasteiger partial charge in [-0.3, -0.25) is 0 Å². The second-order valence-electron chi connectivity index (χ2n) is 4.04. The number of halogens is 1. The first-order valence-corrected chi connectivity index (χ1v) is 6.64. The number of hydrogen-bond acceptors (Lipinski definition) is 3. The Hall–Kier alpha value is -1.43. The standard InChI is InChI=1S/C14H15IN2O/c1-9-7-11(4-6-14(9)18-2)17-13-5-3-10(15)8-12(13)16/h3-8,17H,16H2,1-2H3. The van der Waals surface area contributed by atoms with E-state index in [0.29, 0.717) is 0 Å². The van der Waals surface area contributed by atoms with Gasteiger partial charge < -0.3 is 15.8 Å². The molecule has 0 bridgehead atoms. The van der Waals surface area contributed by atoms with Crippen molar-refractivity contribution in [3.63, 3.8) is 0 Å². The molecule has 0 unspecified atom stereocenters. The topological polar surface area (TPSA) is 47.3 Å². The molecule has 3 N–H and O–H groups in total. The molecule has 2 aromatic rings. The van der Waals surface area contributed by atoms with Gasteiger partial charge in [-0.05, 0) is 71.5 Å². The highest BCUT2D eigenvalue weighted by atomic mass is 127. The van der Waals surface area contributed by atoms with Gasteiger partial charge in [0.1, 0.15) is 5.75 Å². The fourth-order valence-electron chi connectivity index (χ4n) is 1.76.